The summed E-state index contributed by atoms with van der Waals surface area (Å²) in [6.07, 6.45) is 50.7. The second-order valence-electron chi connectivity index (χ2n) is 16.4. The van der Waals surface area contributed by atoms with E-state index < -0.39 is 6.10 Å². The Hall–Kier alpha value is -1.36. The Kier molecular flexibility index (Phi) is 44.9. The van der Waals surface area contributed by atoms with E-state index in [9.17, 15) is 9.59 Å². The van der Waals surface area contributed by atoms with E-state index in [2.05, 4.69) is 32.9 Å². The van der Waals surface area contributed by atoms with Crippen LogP contribution in [0.3, 0.4) is 0 Å². The van der Waals surface area contributed by atoms with Crippen molar-refractivity contribution < 1.29 is 23.8 Å². The van der Waals surface area contributed by atoms with Crippen LogP contribution in [0.1, 0.15) is 265 Å². The van der Waals surface area contributed by atoms with Crippen LogP contribution in [-0.2, 0) is 23.8 Å². The summed E-state index contributed by atoms with van der Waals surface area (Å²) in [6.45, 7) is 7.83. The fourth-order valence-corrected chi connectivity index (χ4v) is 7.14. The quantitative estimate of drug-likeness (QED) is 0.0351. The van der Waals surface area contributed by atoms with Crippen molar-refractivity contribution in [1.82, 2.24) is 0 Å². The van der Waals surface area contributed by atoms with E-state index in [0.29, 0.717) is 26.1 Å². The molecule has 1 atom stereocenters. The van der Waals surface area contributed by atoms with E-state index in [-0.39, 0.29) is 18.5 Å². The van der Waals surface area contributed by atoms with Gasteiger partial charge in [-0.1, -0.05) is 226 Å². The van der Waals surface area contributed by atoms with Crippen molar-refractivity contribution >= 4 is 11.9 Å². The maximum atomic E-state index is 12.7. The lowest BCUT2D eigenvalue weighted by Gasteiger charge is -2.18. The second-order valence-corrected chi connectivity index (χ2v) is 16.4. The molecule has 0 aromatic rings. The number of hydrogen-bond donors (Lipinski definition) is 0. The maximum absolute atomic E-state index is 12.7. The Bertz CT molecular complexity index is 780. The molecule has 0 aliphatic carbocycles. The van der Waals surface area contributed by atoms with E-state index in [0.717, 1.165) is 44.9 Å². The number of carbonyl (C=O) groups excluding carboxylic acids is 2. The number of carbonyl (C=O) groups is 2. The highest BCUT2D eigenvalue weighted by Gasteiger charge is 2.17. The highest BCUT2D eigenvalue weighted by molar-refractivity contribution is 5.70. The molecule has 0 saturated carbocycles. The van der Waals surface area contributed by atoms with Gasteiger partial charge in [0.1, 0.15) is 6.61 Å². The lowest BCUT2D eigenvalue weighted by atomic mass is 10.0. The molecule has 1 unspecified atom stereocenters. The molecule has 0 saturated heterocycles. The molecule has 0 heterocycles. The van der Waals surface area contributed by atoms with Crippen molar-refractivity contribution in [1.29, 1.82) is 0 Å². The topological polar surface area (TPSA) is 61.8 Å². The molecule has 54 heavy (non-hydrogen) atoms. The predicted molar refractivity (Wildman–Crippen MR) is 233 cm³/mol. The third-order valence-electron chi connectivity index (χ3n) is 10.8. The lowest BCUT2D eigenvalue weighted by molar-refractivity contribution is -0.163. The van der Waals surface area contributed by atoms with Gasteiger partial charge in [-0.25, -0.2) is 0 Å². The Balaban J connectivity index is 4.18. The Morgan fingerprint density at radius 3 is 1.19 bits per heavy atom. The normalized spacial score (nSPS) is 12.1. The average Bonchev–Trinajstić information content (AvgIpc) is 3.17. The van der Waals surface area contributed by atoms with Gasteiger partial charge in [-0.15, -0.1) is 0 Å². The Labute approximate surface area is 337 Å². The van der Waals surface area contributed by atoms with E-state index in [1.54, 1.807) is 0 Å². The highest BCUT2D eigenvalue weighted by atomic mass is 16.6. The molecular weight excluding hydrogens is 669 g/mol. The molecule has 320 valence electrons. The standard InChI is InChI=1S/C49H94O5/c1-4-7-10-13-16-19-22-23-24-25-26-29-32-35-38-41-44-52-45-47(54-49(51)43-40-37-34-31-28-21-18-15-12-9-6-3)46-53-48(50)42-39-36-33-30-27-20-17-14-11-8-5-2/h14,17,47H,4-13,15-16,18-46H2,1-3H3/b17-14-. The van der Waals surface area contributed by atoms with Gasteiger partial charge < -0.3 is 14.2 Å². The molecule has 5 heteroatoms. The van der Waals surface area contributed by atoms with Gasteiger partial charge in [0.25, 0.3) is 0 Å². The van der Waals surface area contributed by atoms with Crippen LogP contribution in [0, 0.1) is 0 Å². The largest absolute Gasteiger partial charge is 0.462 e. The first-order valence-corrected chi connectivity index (χ1v) is 24.2. The van der Waals surface area contributed by atoms with Crippen molar-refractivity contribution in [2.45, 2.75) is 271 Å². The first-order chi connectivity index (χ1) is 26.6. The summed E-state index contributed by atoms with van der Waals surface area (Å²) >= 11 is 0. The zero-order valence-corrected chi connectivity index (χ0v) is 36.8. The third kappa shape index (κ3) is 43.4. The summed E-state index contributed by atoms with van der Waals surface area (Å²) in [5.74, 6) is -0.392. The molecule has 0 bridgehead atoms. The van der Waals surface area contributed by atoms with Crippen LogP contribution in [0.2, 0.25) is 0 Å². The van der Waals surface area contributed by atoms with E-state index in [1.807, 2.05) is 0 Å². The fourth-order valence-electron chi connectivity index (χ4n) is 7.14. The number of rotatable bonds is 45. The number of allylic oxidation sites excluding steroid dienone is 2. The zero-order valence-electron chi connectivity index (χ0n) is 36.8. The summed E-state index contributed by atoms with van der Waals surface area (Å²) in [5.41, 5.74) is 0. The lowest BCUT2D eigenvalue weighted by Crippen LogP contribution is -2.30. The van der Waals surface area contributed by atoms with Gasteiger partial charge in [-0.2, -0.15) is 0 Å². The van der Waals surface area contributed by atoms with Gasteiger partial charge in [-0.3, -0.25) is 9.59 Å². The molecule has 5 nitrogen and oxygen atoms in total. The molecule has 0 N–H and O–H groups in total. The first kappa shape index (κ1) is 52.6. The summed E-state index contributed by atoms with van der Waals surface area (Å²) in [6, 6.07) is 0. The fraction of sp³-hybridized carbons (Fsp3) is 0.918. The average molecular weight is 763 g/mol. The number of esters is 2. The monoisotopic (exact) mass is 763 g/mol. The SMILES string of the molecule is CCCC/C=C\CCCCCCCC(=O)OCC(COCCCCCCCCCCCCCCCCCC)OC(=O)CCCCCCCCCCCCC. The van der Waals surface area contributed by atoms with Crippen LogP contribution in [0.15, 0.2) is 12.2 Å². The highest BCUT2D eigenvalue weighted by Crippen LogP contribution is 2.15. The molecule has 0 rings (SSSR count). The number of ether oxygens (including phenoxy) is 3. The zero-order chi connectivity index (χ0) is 39.3. The van der Waals surface area contributed by atoms with Crippen LogP contribution in [0.4, 0.5) is 0 Å². The number of hydrogen-bond acceptors (Lipinski definition) is 5. The van der Waals surface area contributed by atoms with Gasteiger partial charge in [0.2, 0.25) is 0 Å². The molecule has 0 amide bonds. The second kappa shape index (κ2) is 46.0. The van der Waals surface area contributed by atoms with Crippen LogP contribution >= 0.6 is 0 Å². The molecule has 0 radical (unpaired) electrons. The van der Waals surface area contributed by atoms with Crippen molar-refractivity contribution in [2.75, 3.05) is 19.8 Å². The van der Waals surface area contributed by atoms with Crippen LogP contribution in [-0.4, -0.2) is 37.9 Å². The molecule has 0 aromatic heterocycles. The number of unbranched alkanes of at least 4 members (excludes halogenated alkanes) is 32. The van der Waals surface area contributed by atoms with Crippen LogP contribution in [0.5, 0.6) is 0 Å². The van der Waals surface area contributed by atoms with Crippen molar-refractivity contribution in [3.8, 4) is 0 Å². The van der Waals surface area contributed by atoms with Crippen LogP contribution in [0.25, 0.3) is 0 Å². The van der Waals surface area contributed by atoms with E-state index in [1.165, 1.54) is 186 Å². The maximum Gasteiger partial charge on any atom is 0.306 e. The molecule has 0 aliphatic heterocycles. The van der Waals surface area contributed by atoms with Gasteiger partial charge in [0.15, 0.2) is 6.10 Å². The first-order valence-electron chi connectivity index (χ1n) is 24.2. The smallest absolute Gasteiger partial charge is 0.306 e. The Morgan fingerprint density at radius 1 is 0.389 bits per heavy atom. The molecule has 0 aromatic carbocycles. The molecular formula is C49H94O5. The van der Waals surface area contributed by atoms with E-state index >= 15 is 0 Å². The van der Waals surface area contributed by atoms with Gasteiger partial charge >= 0.3 is 11.9 Å². The van der Waals surface area contributed by atoms with E-state index in [4.69, 9.17) is 14.2 Å². The van der Waals surface area contributed by atoms with Gasteiger partial charge in [0, 0.05) is 19.4 Å². The van der Waals surface area contributed by atoms with Gasteiger partial charge in [0.05, 0.1) is 6.61 Å². The minimum atomic E-state index is -0.527. The summed E-state index contributed by atoms with van der Waals surface area (Å²) in [4.78, 5) is 25.2. The predicted octanol–water partition coefficient (Wildman–Crippen LogP) is 15.9. The summed E-state index contributed by atoms with van der Waals surface area (Å²) in [5, 5.41) is 0. The minimum absolute atomic E-state index is 0.0894. The molecule has 0 fully saturated rings. The van der Waals surface area contributed by atoms with Crippen molar-refractivity contribution in [2.24, 2.45) is 0 Å². The third-order valence-corrected chi connectivity index (χ3v) is 10.8. The van der Waals surface area contributed by atoms with Crippen molar-refractivity contribution in [3.05, 3.63) is 12.2 Å². The summed E-state index contributed by atoms with van der Waals surface area (Å²) in [7, 11) is 0. The molecule has 0 aliphatic rings. The van der Waals surface area contributed by atoms with Crippen molar-refractivity contribution in [3.63, 3.8) is 0 Å². The Morgan fingerprint density at radius 2 is 0.741 bits per heavy atom. The van der Waals surface area contributed by atoms with Gasteiger partial charge in [-0.05, 0) is 38.5 Å². The summed E-state index contributed by atoms with van der Waals surface area (Å²) < 4.78 is 17.3. The van der Waals surface area contributed by atoms with Crippen LogP contribution < -0.4 is 0 Å². The minimum Gasteiger partial charge on any atom is -0.462 e. The molecule has 0 spiro atoms.